The lowest BCUT2D eigenvalue weighted by Gasteiger charge is -2.18. The van der Waals surface area contributed by atoms with E-state index in [2.05, 4.69) is 243 Å². The molecule has 0 fully saturated rings. The third kappa shape index (κ3) is 6.61. The molecule has 0 radical (unpaired) electrons. The van der Waals surface area contributed by atoms with Gasteiger partial charge in [-0.1, -0.05) is 206 Å². The van der Waals surface area contributed by atoms with Gasteiger partial charge in [-0.25, -0.2) is 0 Å². The molecule has 2 heteroatoms. The van der Waals surface area contributed by atoms with Crippen molar-refractivity contribution >= 4 is 97.7 Å². The Kier molecular flexibility index (Phi) is 9.37. The summed E-state index contributed by atoms with van der Waals surface area (Å²) in [5.74, 6) is 0. The average Bonchev–Trinajstić information content (AvgIpc) is 4.09. The fraction of sp³-hybridized carbons (Fsp3) is 0. The van der Waals surface area contributed by atoms with Crippen LogP contribution in [0, 0.1) is 0 Å². The summed E-state index contributed by atoms with van der Waals surface area (Å²) in [4.78, 5) is 0. The molecule has 0 aliphatic heterocycles. The quantitative estimate of drug-likeness (QED) is 0.155. The van der Waals surface area contributed by atoms with Gasteiger partial charge in [-0.15, -0.1) is 0 Å². The van der Waals surface area contributed by atoms with Crippen molar-refractivity contribution in [1.29, 1.82) is 0 Å². The topological polar surface area (TPSA) is 26.3 Å². The van der Waals surface area contributed by atoms with Crippen LogP contribution in [0.4, 0.5) is 0 Å². The Labute approximate surface area is 437 Å². The lowest BCUT2D eigenvalue weighted by Crippen LogP contribution is -1.91. The van der Waals surface area contributed by atoms with Crippen molar-refractivity contribution in [2.45, 2.75) is 0 Å². The van der Waals surface area contributed by atoms with E-state index in [9.17, 15) is 0 Å². The van der Waals surface area contributed by atoms with Gasteiger partial charge in [-0.2, -0.15) is 0 Å². The minimum Gasteiger partial charge on any atom is -0.456 e. The first-order valence-corrected chi connectivity index (χ1v) is 26.1. The predicted octanol–water partition coefficient (Wildman–Crippen LogP) is 21.3. The molecular weight excluding hydrogens is 921 g/mol. The third-order valence-electron chi connectivity index (χ3n) is 16.0. The summed E-state index contributed by atoms with van der Waals surface area (Å²) < 4.78 is 12.5. The highest BCUT2D eigenvalue weighted by molar-refractivity contribution is 6.24. The molecule has 0 unspecified atom stereocenters. The van der Waals surface area contributed by atoms with E-state index in [0.29, 0.717) is 0 Å². The van der Waals surface area contributed by atoms with Gasteiger partial charge < -0.3 is 8.83 Å². The average molecular weight is 965 g/mol. The van der Waals surface area contributed by atoms with E-state index >= 15 is 0 Å². The van der Waals surface area contributed by atoms with Gasteiger partial charge in [-0.3, -0.25) is 0 Å². The smallest absolute Gasteiger partial charge is 0.135 e. The molecule has 0 amide bonds. The second-order valence-electron chi connectivity index (χ2n) is 20.2. The first-order chi connectivity index (χ1) is 37.7. The van der Waals surface area contributed by atoms with Crippen LogP contribution in [0.15, 0.2) is 276 Å². The molecular formula is C74H44O2. The van der Waals surface area contributed by atoms with Crippen molar-refractivity contribution in [3.63, 3.8) is 0 Å². The Morgan fingerprint density at radius 1 is 0.158 bits per heavy atom. The van der Waals surface area contributed by atoms with Crippen LogP contribution in [0.5, 0.6) is 0 Å². The third-order valence-corrected chi connectivity index (χ3v) is 16.0. The fourth-order valence-electron chi connectivity index (χ4n) is 12.6. The standard InChI is InChI=1S/C74H44O2/c1-5-25-61-57(21-1)71(58-22-2-6-26-62(58)73(61)52-35-37-69-65(43-52)55-19-9-11-29-67(55)75-69)50-17-13-15-46(39-50)48-33-31-45-32-34-49(42-54(45)41-48)47-16-14-18-51(40-47)72-59-23-3-7-27-63(59)74(64-28-8-4-24-60(64)72)53-36-38-70-66(44-53)56-20-10-12-30-68(56)76-70/h1-44H. The van der Waals surface area contributed by atoms with Crippen molar-refractivity contribution in [2.75, 3.05) is 0 Å². The highest BCUT2D eigenvalue weighted by Crippen LogP contribution is 2.48. The highest BCUT2D eigenvalue weighted by Gasteiger charge is 2.21. The number of benzene rings is 14. The van der Waals surface area contributed by atoms with Gasteiger partial charge in [0.15, 0.2) is 0 Å². The maximum absolute atomic E-state index is 6.26. The van der Waals surface area contributed by atoms with E-state index in [1.165, 1.54) is 121 Å². The van der Waals surface area contributed by atoms with E-state index in [1.54, 1.807) is 0 Å². The minimum absolute atomic E-state index is 0.904. The zero-order valence-corrected chi connectivity index (χ0v) is 41.2. The van der Waals surface area contributed by atoms with Crippen molar-refractivity contribution in [2.24, 2.45) is 0 Å². The maximum Gasteiger partial charge on any atom is 0.135 e. The number of hydrogen-bond donors (Lipinski definition) is 0. The molecule has 76 heavy (non-hydrogen) atoms. The maximum atomic E-state index is 6.26. The molecule has 0 saturated heterocycles. The molecule has 2 heterocycles. The molecule has 0 saturated carbocycles. The van der Waals surface area contributed by atoms with E-state index in [1.807, 2.05) is 24.3 Å². The molecule has 2 aromatic heterocycles. The van der Waals surface area contributed by atoms with Crippen LogP contribution in [-0.2, 0) is 0 Å². The normalized spacial score (nSPS) is 11.9. The molecule has 0 bridgehead atoms. The fourth-order valence-corrected chi connectivity index (χ4v) is 12.6. The predicted molar refractivity (Wildman–Crippen MR) is 321 cm³/mol. The van der Waals surface area contributed by atoms with Gasteiger partial charge in [0.25, 0.3) is 0 Å². The van der Waals surface area contributed by atoms with E-state index in [-0.39, 0.29) is 0 Å². The number of hydrogen-bond acceptors (Lipinski definition) is 2. The summed E-state index contributed by atoms with van der Waals surface area (Å²) >= 11 is 0. The lowest BCUT2D eigenvalue weighted by molar-refractivity contribution is 0.668. The highest BCUT2D eigenvalue weighted by atomic mass is 16.3. The van der Waals surface area contributed by atoms with Crippen LogP contribution in [0.3, 0.4) is 0 Å². The largest absolute Gasteiger partial charge is 0.456 e. The van der Waals surface area contributed by atoms with Crippen LogP contribution >= 0.6 is 0 Å². The van der Waals surface area contributed by atoms with Crippen molar-refractivity contribution in [1.82, 2.24) is 0 Å². The molecule has 0 aliphatic rings. The van der Waals surface area contributed by atoms with Gasteiger partial charge in [0.1, 0.15) is 22.3 Å². The molecule has 352 valence electrons. The Bertz CT molecular complexity index is 4640. The first-order valence-electron chi connectivity index (χ1n) is 26.1. The molecule has 0 atom stereocenters. The summed E-state index contributed by atoms with van der Waals surface area (Å²) in [5.41, 5.74) is 18.1. The van der Waals surface area contributed by atoms with Crippen molar-refractivity contribution in [3.05, 3.63) is 267 Å². The van der Waals surface area contributed by atoms with Crippen LogP contribution in [0.2, 0.25) is 0 Å². The van der Waals surface area contributed by atoms with Gasteiger partial charge in [0, 0.05) is 21.5 Å². The van der Waals surface area contributed by atoms with E-state index < -0.39 is 0 Å². The van der Waals surface area contributed by atoms with Gasteiger partial charge >= 0.3 is 0 Å². The van der Waals surface area contributed by atoms with Crippen molar-refractivity contribution in [3.8, 4) is 66.8 Å². The van der Waals surface area contributed by atoms with E-state index in [0.717, 1.165) is 43.9 Å². The van der Waals surface area contributed by atoms with Crippen LogP contribution in [0.25, 0.3) is 165 Å². The summed E-state index contributed by atoms with van der Waals surface area (Å²) in [7, 11) is 0. The van der Waals surface area contributed by atoms with Crippen LogP contribution in [-0.4, -0.2) is 0 Å². The van der Waals surface area contributed by atoms with Gasteiger partial charge in [-0.05, 0) is 181 Å². The summed E-state index contributed by atoms with van der Waals surface area (Å²) in [6.45, 7) is 0. The first kappa shape index (κ1) is 42.5. The Hall–Kier alpha value is -10.0. The second kappa shape index (κ2) is 16.8. The molecule has 0 N–H and O–H groups in total. The lowest BCUT2D eigenvalue weighted by atomic mass is 9.85. The summed E-state index contributed by atoms with van der Waals surface area (Å²) in [6.07, 6.45) is 0. The molecule has 2 nitrogen and oxygen atoms in total. The monoisotopic (exact) mass is 964 g/mol. The van der Waals surface area contributed by atoms with Crippen molar-refractivity contribution < 1.29 is 8.83 Å². The van der Waals surface area contributed by atoms with Gasteiger partial charge in [0.05, 0.1) is 0 Å². The molecule has 14 aromatic carbocycles. The molecule has 0 aliphatic carbocycles. The second-order valence-corrected chi connectivity index (χ2v) is 20.2. The zero-order chi connectivity index (χ0) is 49.8. The van der Waals surface area contributed by atoms with E-state index in [4.69, 9.17) is 8.83 Å². The summed E-state index contributed by atoms with van der Waals surface area (Å²) in [6, 6.07) is 97.6. The molecule has 0 spiro atoms. The molecule has 16 aromatic rings. The van der Waals surface area contributed by atoms with Gasteiger partial charge in [0.2, 0.25) is 0 Å². The number of furan rings is 2. The SMILES string of the molecule is c1cc(-c2ccc3ccc(-c4cccc(-c5c6ccccc6c(-c6ccc7oc8ccccc8c7c6)c6ccccc56)c4)cc3c2)cc(-c2c3ccccc3c(-c3ccc4oc5ccccc5c4c3)c3ccccc23)c1. The molecule has 16 rings (SSSR count). The summed E-state index contributed by atoms with van der Waals surface area (Å²) in [5, 5.41) is 16.8. The Morgan fingerprint density at radius 2 is 0.434 bits per heavy atom. The zero-order valence-electron chi connectivity index (χ0n) is 41.2. The number of para-hydroxylation sites is 2. The number of fused-ring (bicyclic) bond motifs is 11. The Balaban J connectivity index is 0.787. The van der Waals surface area contributed by atoms with Crippen LogP contribution in [0.1, 0.15) is 0 Å². The Morgan fingerprint density at radius 3 is 0.803 bits per heavy atom. The number of rotatable bonds is 6. The minimum atomic E-state index is 0.904. The van der Waals surface area contributed by atoms with Crippen LogP contribution < -0.4 is 0 Å².